The summed E-state index contributed by atoms with van der Waals surface area (Å²) in [5.74, 6) is 0. The van der Waals surface area contributed by atoms with Gasteiger partial charge in [-0.3, -0.25) is 0 Å². The van der Waals surface area contributed by atoms with E-state index < -0.39 is 0 Å². The molecule has 3 heteroatoms. The molecule has 0 saturated heterocycles. The Kier molecular flexibility index (Phi) is 4.79. The minimum absolute atomic E-state index is 0.591. The number of hydrogen-bond acceptors (Lipinski definition) is 2. The predicted molar refractivity (Wildman–Crippen MR) is 75.6 cm³/mol. The van der Waals surface area contributed by atoms with Crippen LogP contribution in [0.2, 0.25) is 0 Å². The second-order valence-corrected chi connectivity index (χ2v) is 4.57. The second-order valence-electron chi connectivity index (χ2n) is 4.57. The number of nitrogens with two attached hydrogens (primary N) is 1. The van der Waals surface area contributed by atoms with Crippen molar-refractivity contribution in [3.05, 3.63) is 36.0 Å². The summed E-state index contributed by atoms with van der Waals surface area (Å²) in [5.41, 5.74) is 8.10. The number of ether oxygens (including phenoxy) is 1. The Morgan fingerprint density at radius 3 is 2.89 bits per heavy atom. The summed E-state index contributed by atoms with van der Waals surface area (Å²) in [6, 6.07) is 8.53. The van der Waals surface area contributed by atoms with Crippen LogP contribution in [0.4, 0.5) is 0 Å². The first-order valence-corrected chi connectivity index (χ1v) is 6.70. The van der Waals surface area contributed by atoms with Crippen LogP contribution >= 0.6 is 0 Å². The van der Waals surface area contributed by atoms with Crippen LogP contribution in [0, 0.1) is 0 Å². The molecule has 0 fully saturated rings. The Bertz CT molecular complexity index is 490. The molecule has 0 spiro atoms. The third kappa shape index (κ3) is 3.12. The molecule has 0 aliphatic heterocycles. The zero-order valence-electron chi connectivity index (χ0n) is 11.1. The molecule has 0 radical (unpaired) electrons. The quantitative estimate of drug-likeness (QED) is 0.763. The summed E-state index contributed by atoms with van der Waals surface area (Å²) < 4.78 is 7.84. The van der Waals surface area contributed by atoms with E-state index in [2.05, 4.69) is 42.0 Å². The summed E-state index contributed by atoms with van der Waals surface area (Å²) in [6.45, 7) is 5.31. The minimum Gasteiger partial charge on any atom is -0.380 e. The topological polar surface area (TPSA) is 40.2 Å². The number of fused-ring (bicyclic) bond motifs is 1. The van der Waals surface area contributed by atoms with Crippen molar-refractivity contribution in [2.45, 2.75) is 32.9 Å². The van der Waals surface area contributed by atoms with E-state index >= 15 is 0 Å². The summed E-state index contributed by atoms with van der Waals surface area (Å²) in [5, 5.41) is 1.26. The molecule has 98 valence electrons. The highest BCUT2D eigenvalue weighted by Crippen LogP contribution is 2.17. The highest BCUT2D eigenvalue weighted by molar-refractivity contribution is 5.80. The summed E-state index contributed by atoms with van der Waals surface area (Å²) in [7, 11) is 0. The van der Waals surface area contributed by atoms with Crippen molar-refractivity contribution in [3.63, 3.8) is 0 Å². The van der Waals surface area contributed by atoms with Gasteiger partial charge in [-0.15, -0.1) is 0 Å². The molecule has 18 heavy (non-hydrogen) atoms. The van der Waals surface area contributed by atoms with Gasteiger partial charge in [-0.1, -0.05) is 25.5 Å². The van der Waals surface area contributed by atoms with E-state index in [0.717, 1.165) is 26.2 Å². The van der Waals surface area contributed by atoms with E-state index in [9.17, 15) is 0 Å². The SMILES string of the molecule is CCCCOCCn1ccc2ccc(CN)cc21. The van der Waals surface area contributed by atoms with E-state index in [1.807, 2.05) is 0 Å². The van der Waals surface area contributed by atoms with Gasteiger partial charge in [-0.25, -0.2) is 0 Å². The van der Waals surface area contributed by atoms with Gasteiger partial charge in [0, 0.05) is 31.4 Å². The molecular weight excluding hydrogens is 224 g/mol. The average molecular weight is 246 g/mol. The first kappa shape index (κ1) is 13.1. The lowest BCUT2D eigenvalue weighted by molar-refractivity contribution is 0.124. The van der Waals surface area contributed by atoms with Crippen molar-refractivity contribution >= 4 is 10.9 Å². The molecule has 1 aromatic heterocycles. The summed E-state index contributed by atoms with van der Waals surface area (Å²) >= 11 is 0. The number of hydrogen-bond donors (Lipinski definition) is 1. The van der Waals surface area contributed by atoms with E-state index in [0.29, 0.717) is 6.54 Å². The van der Waals surface area contributed by atoms with Gasteiger partial charge < -0.3 is 15.0 Å². The maximum atomic E-state index is 5.68. The molecule has 0 unspecified atom stereocenters. The predicted octanol–water partition coefficient (Wildman–Crippen LogP) is 2.92. The Hall–Kier alpha value is -1.32. The average Bonchev–Trinajstić information content (AvgIpc) is 2.81. The molecule has 2 aromatic rings. The second kappa shape index (κ2) is 6.57. The number of aromatic nitrogens is 1. The fourth-order valence-corrected chi connectivity index (χ4v) is 2.06. The summed E-state index contributed by atoms with van der Waals surface area (Å²) in [4.78, 5) is 0. The van der Waals surface area contributed by atoms with Crippen molar-refractivity contribution in [1.82, 2.24) is 4.57 Å². The lowest BCUT2D eigenvalue weighted by Crippen LogP contribution is -2.06. The highest BCUT2D eigenvalue weighted by Gasteiger charge is 2.01. The van der Waals surface area contributed by atoms with E-state index in [1.54, 1.807) is 0 Å². The van der Waals surface area contributed by atoms with Crippen LogP contribution in [-0.4, -0.2) is 17.8 Å². The molecule has 0 aliphatic rings. The van der Waals surface area contributed by atoms with Gasteiger partial charge >= 0.3 is 0 Å². The van der Waals surface area contributed by atoms with Crippen LogP contribution in [0.5, 0.6) is 0 Å². The van der Waals surface area contributed by atoms with E-state index in [-0.39, 0.29) is 0 Å². The molecule has 0 atom stereocenters. The molecule has 0 aliphatic carbocycles. The molecule has 2 rings (SSSR count). The first-order valence-electron chi connectivity index (χ1n) is 6.70. The van der Waals surface area contributed by atoms with Crippen LogP contribution in [0.25, 0.3) is 10.9 Å². The fraction of sp³-hybridized carbons (Fsp3) is 0.467. The smallest absolute Gasteiger partial charge is 0.0645 e. The third-order valence-electron chi connectivity index (χ3n) is 3.19. The molecule has 0 bridgehead atoms. The lowest BCUT2D eigenvalue weighted by Gasteiger charge is -2.07. The maximum Gasteiger partial charge on any atom is 0.0645 e. The number of rotatable bonds is 7. The third-order valence-corrected chi connectivity index (χ3v) is 3.19. The van der Waals surface area contributed by atoms with E-state index in [1.165, 1.54) is 22.9 Å². The van der Waals surface area contributed by atoms with Crippen LogP contribution in [-0.2, 0) is 17.8 Å². The van der Waals surface area contributed by atoms with Crippen LogP contribution < -0.4 is 5.73 Å². The molecule has 0 amide bonds. The van der Waals surface area contributed by atoms with Gasteiger partial charge in [0.1, 0.15) is 0 Å². The number of unbranched alkanes of at least 4 members (excludes halogenated alkanes) is 1. The van der Waals surface area contributed by atoms with E-state index in [4.69, 9.17) is 10.5 Å². The van der Waals surface area contributed by atoms with Crippen molar-refractivity contribution in [3.8, 4) is 0 Å². The Morgan fingerprint density at radius 1 is 1.22 bits per heavy atom. The van der Waals surface area contributed by atoms with Crippen LogP contribution in [0.3, 0.4) is 0 Å². The molecule has 3 nitrogen and oxygen atoms in total. The summed E-state index contributed by atoms with van der Waals surface area (Å²) in [6.07, 6.45) is 4.45. The number of benzene rings is 1. The van der Waals surface area contributed by atoms with Crippen molar-refractivity contribution < 1.29 is 4.74 Å². The van der Waals surface area contributed by atoms with Crippen molar-refractivity contribution in [2.24, 2.45) is 5.73 Å². The lowest BCUT2D eigenvalue weighted by atomic mass is 10.1. The standard InChI is InChI=1S/C15H22N2O/c1-2-3-9-18-10-8-17-7-6-14-5-4-13(12-16)11-15(14)17/h4-7,11H,2-3,8-10,12,16H2,1H3. The zero-order valence-corrected chi connectivity index (χ0v) is 11.1. The van der Waals surface area contributed by atoms with Gasteiger partial charge in [0.2, 0.25) is 0 Å². The molecule has 2 N–H and O–H groups in total. The Balaban J connectivity index is 1.99. The Labute approximate surface area is 109 Å². The molecular formula is C15H22N2O. The highest BCUT2D eigenvalue weighted by atomic mass is 16.5. The van der Waals surface area contributed by atoms with Crippen molar-refractivity contribution in [2.75, 3.05) is 13.2 Å². The normalized spacial score (nSPS) is 11.2. The first-order chi connectivity index (χ1) is 8.85. The molecule has 1 heterocycles. The van der Waals surface area contributed by atoms with Gasteiger partial charge in [-0.05, 0) is 29.5 Å². The Morgan fingerprint density at radius 2 is 2.11 bits per heavy atom. The number of nitrogens with zero attached hydrogens (tertiary/aromatic N) is 1. The van der Waals surface area contributed by atoms with Crippen LogP contribution in [0.15, 0.2) is 30.5 Å². The van der Waals surface area contributed by atoms with Gasteiger partial charge in [-0.2, -0.15) is 0 Å². The molecule has 1 aromatic carbocycles. The zero-order chi connectivity index (χ0) is 12.8. The van der Waals surface area contributed by atoms with Gasteiger partial charge in [0.25, 0.3) is 0 Å². The van der Waals surface area contributed by atoms with Gasteiger partial charge in [0.05, 0.1) is 6.61 Å². The molecule has 0 saturated carbocycles. The van der Waals surface area contributed by atoms with Gasteiger partial charge in [0.15, 0.2) is 0 Å². The van der Waals surface area contributed by atoms with Crippen molar-refractivity contribution in [1.29, 1.82) is 0 Å². The largest absolute Gasteiger partial charge is 0.380 e. The minimum atomic E-state index is 0.591. The van der Waals surface area contributed by atoms with Crippen LogP contribution in [0.1, 0.15) is 25.3 Å². The monoisotopic (exact) mass is 246 g/mol. The fourth-order valence-electron chi connectivity index (χ4n) is 2.06. The maximum absolute atomic E-state index is 5.68.